The van der Waals surface area contributed by atoms with Crippen LogP contribution in [0.3, 0.4) is 0 Å². The van der Waals surface area contributed by atoms with Crippen molar-refractivity contribution >= 4 is 17.0 Å². The van der Waals surface area contributed by atoms with Crippen LogP contribution in [0.15, 0.2) is 24.3 Å². The van der Waals surface area contributed by atoms with Gasteiger partial charge >= 0.3 is 0 Å². The minimum absolute atomic E-state index is 0.440. The number of nitrogens with zero attached hydrogens (tertiary/aromatic N) is 5. The molecule has 2 heterocycles. The van der Waals surface area contributed by atoms with Gasteiger partial charge in [-0.15, -0.1) is 0 Å². The summed E-state index contributed by atoms with van der Waals surface area (Å²) in [5, 5.41) is 17.0. The first-order valence-corrected chi connectivity index (χ1v) is 7.28. The largest absolute Gasteiger partial charge is 0.392 e. The summed E-state index contributed by atoms with van der Waals surface area (Å²) in [6.45, 7) is 4.63. The highest BCUT2D eigenvalue weighted by Gasteiger charge is 2.14. The SMILES string of the molecule is Cc1nc(Cn2c(NC[C@H](C)O)nc3ccccc32)n(C)n1. The van der Waals surface area contributed by atoms with Crippen molar-refractivity contribution in [3.63, 3.8) is 0 Å². The highest BCUT2D eigenvalue weighted by Crippen LogP contribution is 2.20. The van der Waals surface area contributed by atoms with Gasteiger partial charge in [-0.3, -0.25) is 4.68 Å². The van der Waals surface area contributed by atoms with Gasteiger partial charge in [0.1, 0.15) is 11.6 Å². The van der Waals surface area contributed by atoms with Crippen molar-refractivity contribution in [3.05, 3.63) is 35.9 Å². The first kappa shape index (κ1) is 14.5. The van der Waals surface area contributed by atoms with E-state index in [2.05, 4.69) is 25.0 Å². The maximum absolute atomic E-state index is 9.49. The van der Waals surface area contributed by atoms with Gasteiger partial charge in [-0.2, -0.15) is 5.10 Å². The molecule has 116 valence electrons. The van der Waals surface area contributed by atoms with E-state index in [0.29, 0.717) is 13.1 Å². The summed E-state index contributed by atoms with van der Waals surface area (Å²) in [6.07, 6.45) is -0.440. The molecular weight excluding hydrogens is 280 g/mol. The lowest BCUT2D eigenvalue weighted by molar-refractivity contribution is 0.208. The zero-order chi connectivity index (χ0) is 15.7. The Balaban J connectivity index is 2.01. The zero-order valence-corrected chi connectivity index (χ0v) is 13.0. The van der Waals surface area contributed by atoms with Crippen LogP contribution in [-0.4, -0.2) is 42.1 Å². The molecule has 1 aromatic carbocycles. The van der Waals surface area contributed by atoms with E-state index < -0.39 is 6.10 Å². The minimum atomic E-state index is -0.440. The van der Waals surface area contributed by atoms with Gasteiger partial charge in [-0.05, 0) is 26.0 Å². The molecule has 3 rings (SSSR count). The number of aromatic nitrogens is 5. The maximum atomic E-state index is 9.49. The van der Waals surface area contributed by atoms with Gasteiger partial charge in [0.25, 0.3) is 0 Å². The van der Waals surface area contributed by atoms with E-state index >= 15 is 0 Å². The van der Waals surface area contributed by atoms with Gasteiger partial charge < -0.3 is 15.0 Å². The first-order chi connectivity index (χ1) is 10.5. The van der Waals surface area contributed by atoms with Crippen LogP contribution in [0.1, 0.15) is 18.6 Å². The van der Waals surface area contributed by atoms with Gasteiger partial charge in [0.2, 0.25) is 5.95 Å². The molecule has 1 atom stereocenters. The van der Waals surface area contributed by atoms with Gasteiger partial charge in [-0.25, -0.2) is 9.97 Å². The van der Waals surface area contributed by atoms with Crippen LogP contribution in [-0.2, 0) is 13.6 Å². The van der Waals surface area contributed by atoms with Gasteiger partial charge in [0.15, 0.2) is 0 Å². The van der Waals surface area contributed by atoms with Crippen LogP contribution in [0.4, 0.5) is 5.95 Å². The summed E-state index contributed by atoms with van der Waals surface area (Å²) in [6, 6.07) is 7.95. The van der Waals surface area contributed by atoms with E-state index in [0.717, 1.165) is 28.6 Å². The Morgan fingerprint density at radius 2 is 2.05 bits per heavy atom. The Morgan fingerprint density at radius 1 is 1.27 bits per heavy atom. The molecule has 0 fully saturated rings. The Hall–Kier alpha value is -2.41. The predicted molar refractivity (Wildman–Crippen MR) is 84.7 cm³/mol. The molecule has 0 aliphatic heterocycles. The van der Waals surface area contributed by atoms with Crippen molar-refractivity contribution in [1.29, 1.82) is 0 Å². The fraction of sp³-hybridized carbons (Fsp3) is 0.400. The molecule has 0 amide bonds. The highest BCUT2D eigenvalue weighted by molar-refractivity contribution is 5.78. The molecule has 2 N–H and O–H groups in total. The highest BCUT2D eigenvalue weighted by atomic mass is 16.3. The number of anilines is 1. The third-order valence-electron chi connectivity index (χ3n) is 3.47. The van der Waals surface area contributed by atoms with Crippen molar-refractivity contribution in [2.24, 2.45) is 7.05 Å². The molecule has 0 saturated heterocycles. The number of hydrogen-bond acceptors (Lipinski definition) is 5. The molecule has 0 unspecified atom stereocenters. The maximum Gasteiger partial charge on any atom is 0.204 e. The molecule has 7 nitrogen and oxygen atoms in total. The molecule has 0 aliphatic rings. The van der Waals surface area contributed by atoms with Gasteiger partial charge in [-0.1, -0.05) is 12.1 Å². The first-order valence-electron chi connectivity index (χ1n) is 7.28. The number of aliphatic hydroxyl groups is 1. The van der Waals surface area contributed by atoms with E-state index in [9.17, 15) is 5.11 Å². The number of nitrogens with one attached hydrogen (secondary N) is 1. The lowest BCUT2D eigenvalue weighted by Crippen LogP contribution is -2.19. The normalized spacial score (nSPS) is 12.7. The third kappa shape index (κ3) is 2.80. The lowest BCUT2D eigenvalue weighted by atomic mass is 10.3. The van der Waals surface area contributed by atoms with Gasteiger partial charge in [0, 0.05) is 13.6 Å². The third-order valence-corrected chi connectivity index (χ3v) is 3.47. The molecule has 7 heteroatoms. The van der Waals surface area contributed by atoms with E-state index in [-0.39, 0.29) is 0 Å². The second-order valence-electron chi connectivity index (χ2n) is 5.44. The molecule has 0 bridgehead atoms. The Morgan fingerprint density at radius 3 is 2.73 bits per heavy atom. The number of fused-ring (bicyclic) bond motifs is 1. The number of rotatable bonds is 5. The Labute approximate surface area is 128 Å². The molecule has 0 radical (unpaired) electrons. The minimum Gasteiger partial charge on any atom is -0.392 e. The van der Waals surface area contributed by atoms with Crippen molar-refractivity contribution < 1.29 is 5.11 Å². The Bertz CT molecular complexity index is 789. The number of para-hydroxylation sites is 2. The average molecular weight is 300 g/mol. The number of hydrogen-bond donors (Lipinski definition) is 2. The van der Waals surface area contributed by atoms with Crippen LogP contribution in [0.25, 0.3) is 11.0 Å². The monoisotopic (exact) mass is 300 g/mol. The molecular formula is C15H20N6O. The number of imidazole rings is 1. The summed E-state index contributed by atoms with van der Waals surface area (Å²) in [5.41, 5.74) is 1.94. The van der Waals surface area contributed by atoms with E-state index in [1.807, 2.05) is 38.2 Å². The molecule has 22 heavy (non-hydrogen) atoms. The summed E-state index contributed by atoms with van der Waals surface area (Å²) in [7, 11) is 1.89. The average Bonchev–Trinajstić information content (AvgIpc) is 2.98. The van der Waals surface area contributed by atoms with Crippen molar-refractivity contribution in [1.82, 2.24) is 24.3 Å². The predicted octanol–water partition coefficient (Wildman–Crippen LogP) is 1.31. The van der Waals surface area contributed by atoms with E-state index in [1.165, 1.54) is 0 Å². The standard InChI is InChI=1S/C15H20N6O/c1-10(22)8-16-15-18-12-6-4-5-7-13(12)21(15)9-14-17-11(2)19-20(14)3/h4-7,10,22H,8-9H2,1-3H3,(H,16,18)/t10-/m0/s1. The number of benzene rings is 1. The number of aryl methyl sites for hydroxylation is 2. The quantitative estimate of drug-likeness (QED) is 0.742. The summed E-state index contributed by atoms with van der Waals surface area (Å²) >= 11 is 0. The second kappa shape index (κ2) is 5.76. The second-order valence-corrected chi connectivity index (χ2v) is 5.44. The fourth-order valence-electron chi connectivity index (χ4n) is 2.44. The van der Waals surface area contributed by atoms with Crippen LogP contribution < -0.4 is 5.32 Å². The fourth-order valence-corrected chi connectivity index (χ4v) is 2.44. The molecule has 2 aromatic heterocycles. The van der Waals surface area contributed by atoms with Crippen LogP contribution >= 0.6 is 0 Å². The molecule has 3 aromatic rings. The zero-order valence-electron chi connectivity index (χ0n) is 13.0. The van der Waals surface area contributed by atoms with Crippen molar-refractivity contribution in [3.8, 4) is 0 Å². The summed E-state index contributed by atoms with van der Waals surface area (Å²) < 4.78 is 3.84. The molecule has 0 saturated carbocycles. The van der Waals surface area contributed by atoms with Gasteiger partial charge in [0.05, 0.1) is 23.7 Å². The smallest absolute Gasteiger partial charge is 0.204 e. The molecule has 0 spiro atoms. The van der Waals surface area contributed by atoms with Crippen molar-refractivity contribution in [2.75, 3.05) is 11.9 Å². The molecule has 0 aliphatic carbocycles. The lowest BCUT2D eigenvalue weighted by Gasteiger charge is -2.11. The summed E-state index contributed by atoms with van der Waals surface area (Å²) in [5.74, 6) is 2.34. The topological polar surface area (TPSA) is 80.8 Å². The van der Waals surface area contributed by atoms with Crippen molar-refractivity contribution in [2.45, 2.75) is 26.5 Å². The number of aliphatic hydroxyl groups excluding tert-OH is 1. The van der Waals surface area contributed by atoms with E-state index in [4.69, 9.17) is 0 Å². The summed E-state index contributed by atoms with van der Waals surface area (Å²) in [4.78, 5) is 9.05. The van der Waals surface area contributed by atoms with E-state index in [1.54, 1.807) is 11.6 Å². The van der Waals surface area contributed by atoms with Crippen LogP contribution in [0.2, 0.25) is 0 Å². The van der Waals surface area contributed by atoms with Crippen LogP contribution in [0, 0.1) is 6.92 Å². The Kier molecular flexibility index (Phi) is 3.81. The van der Waals surface area contributed by atoms with Crippen LogP contribution in [0.5, 0.6) is 0 Å².